The van der Waals surface area contributed by atoms with Crippen molar-refractivity contribution in [1.82, 2.24) is 14.8 Å². The highest BCUT2D eigenvalue weighted by Crippen LogP contribution is 2.30. The van der Waals surface area contributed by atoms with Gasteiger partial charge >= 0.3 is 0 Å². The molecule has 4 rings (SSSR count). The Morgan fingerprint density at radius 2 is 1.81 bits per heavy atom. The van der Waals surface area contributed by atoms with Gasteiger partial charge in [-0.1, -0.05) is 48.2 Å². The number of nitrogens with one attached hydrogen (secondary N) is 1. The standard InChI is InChI=1S/C25H26N4O2S/c1-16-10-7-13-22(18(16)3)26-24(30)19(4)32-25-28-27-23(21-12-6-5-9-17(21)2)29(25)15-20-11-8-14-31-20/h5-14,19H,15H2,1-4H3,(H,26,30). The number of amides is 1. The van der Waals surface area contributed by atoms with E-state index in [-0.39, 0.29) is 11.2 Å². The molecule has 2 aromatic carbocycles. The Kier molecular flexibility index (Phi) is 6.46. The smallest absolute Gasteiger partial charge is 0.237 e. The maximum Gasteiger partial charge on any atom is 0.237 e. The summed E-state index contributed by atoms with van der Waals surface area (Å²) in [5.41, 5.74) is 5.16. The van der Waals surface area contributed by atoms with Gasteiger partial charge in [-0.15, -0.1) is 10.2 Å². The van der Waals surface area contributed by atoms with Gasteiger partial charge in [0.2, 0.25) is 5.91 Å². The van der Waals surface area contributed by atoms with Gasteiger partial charge in [0.15, 0.2) is 11.0 Å². The van der Waals surface area contributed by atoms with Crippen molar-refractivity contribution in [3.63, 3.8) is 0 Å². The summed E-state index contributed by atoms with van der Waals surface area (Å²) in [6.07, 6.45) is 1.65. The monoisotopic (exact) mass is 446 g/mol. The number of rotatable bonds is 7. The summed E-state index contributed by atoms with van der Waals surface area (Å²) in [4.78, 5) is 12.9. The van der Waals surface area contributed by atoms with Crippen LogP contribution in [0, 0.1) is 20.8 Å². The third kappa shape index (κ3) is 4.62. The minimum atomic E-state index is -0.362. The Balaban J connectivity index is 1.60. The molecule has 7 heteroatoms. The second-order valence-electron chi connectivity index (χ2n) is 7.78. The third-order valence-electron chi connectivity index (χ3n) is 5.51. The van der Waals surface area contributed by atoms with Crippen molar-refractivity contribution >= 4 is 23.4 Å². The normalized spacial score (nSPS) is 12.0. The molecule has 0 fully saturated rings. The largest absolute Gasteiger partial charge is 0.467 e. The molecule has 1 unspecified atom stereocenters. The van der Waals surface area contributed by atoms with Gasteiger partial charge in [0, 0.05) is 11.3 Å². The van der Waals surface area contributed by atoms with Crippen LogP contribution in [0.2, 0.25) is 0 Å². The summed E-state index contributed by atoms with van der Waals surface area (Å²) in [7, 11) is 0. The molecule has 1 amide bonds. The molecular formula is C25H26N4O2S. The third-order valence-corrected chi connectivity index (χ3v) is 6.59. The van der Waals surface area contributed by atoms with E-state index in [0.717, 1.165) is 39.5 Å². The Hall–Kier alpha value is -3.32. The van der Waals surface area contributed by atoms with Gasteiger partial charge in [0.25, 0.3) is 0 Å². The molecule has 2 aromatic heterocycles. The Bertz CT molecular complexity index is 1230. The van der Waals surface area contributed by atoms with Crippen LogP contribution in [0.25, 0.3) is 11.4 Å². The van der Waals surface area contributed by atoms with Gasteiger partial charge in [-0.3, -0.25) is 9.36 Å². The Labute approximate surface area is 192 Å². The van der Waals surface area contributed by atoms with E-state index >= 15 is 0 Å². The molecular weight excluding hydrogens is 420 g/mol. The van der Waals surface area contributed by atoms with Crippen molar-refractivity contribution in [2.24, 2.45) is 0 Å². The quantitative estimate of drug-likeness (QED) is 0.372. The molecule has 0 spiro atoms. The van der Waals surface area contributed by atoms with Crippen LogP contribution < -0.4 is 5.32 Å². The maximum atomic E-state index is 12.9. The van der Waals surface area contributed by atoms with Gasteiger partial charge in [0.05, 0.1) is 18.1 Å². The average Bonchev–Trinajstić information content (AvgIpc) is 3.43. The molecule has 6 nitrogen and oxygen atoms in total. The molecule has 0 saturated carbocycles. The van der Waals surface area contributed by atoms with Crippen LogP contribution in [0.15, 0.2) is 70.4 Å². The van der Waals surface area contributed by atoms with Gasteiger partial charge in [0.1, 0.15) is 5.76 Å². The number of aromatic nitrogens is 3. The number of anilines is 1. The molecule has 1 atom stereocenters. The van der Waals surface area contributed by atoms with E-state index in [4.69, 9.17) is 4.42 Å². The van der Waals surface area contributed by atoms with Crippen LogP contribution >= 0.6 is 11.8 Å². The van der Waals surface area contributed by atoms with Crippen LogP contribution in [0.1, 0.15) is 29.4 Å². The zero-order valence-corrected chi connectivity index (χ0v) is 19.4. The van der Waals surface area contributed by atoms with Crippen molar-refractivity contribution in [2.45, 2.75) is 44.6 Å². The minimum absolute atomic E-state index is 0.0753. The minimum Gasteiger partial charge on any atom is -0.467 e. The number of benzene rings is 2. The van der Waals surface area contributed by atoms with E-state index in [1.807, 2.05) is 86.9 Å². The molecule has 0 saturated heterocycles. The van der Waals surface area contributed by atoms with Crippen LogP contribution in [0.4, 0.5) is 5.69 Å². The summed E-state index contributed by atoms with van der Waals surface area (Å²) in [6.45, 7) is 8.46. The first kappa shape index (κ1) is 21.9. The summed E-state index contributed by atoms with van der Waals surface area (Å²) >= 11 is 1.39. The molecule has 0 radical (unpaired) electrons. The molecule has 0 aliphatic heterocycles. The molecule has 4 aromatic rings. The lowest BCUT2D eigenvalue weighted by atomic mass is 10.1. The number of hydrogen-bond donors (Lipinski definition) is 1. The summed E-state index contributed by atoms with van der Waals surface area (Å²) in [5.74, 6) is 1.48. The van der Waals surface area contributed by atoms with E-state index < -0.39 is 0 Å². The fourth-order valence-electron chi connectivity index (χ4n) is 3.43. The molecule has 164 valence electrons. The van der Waals surface area contributed by atoms with Crippen LogP contribution in [-0.4, -0.2) is 25.9 Å². The first-order valence-corrected chi connectivity index (χ1v) is 11.4. The highest BCUT2D eigenvalue weighted by Gasteiger charge is 2.22. The highest BCUT2D eigenvalue weighted by atomic mass is 32.2. The van der Waals surface area contributed by atoms with Crippen LogP contribution in [0.3, 0.4) is 0 Å². The van der Waals surface area contributed by atoms with Gasteiger partial charge in [-0.25, -0.2) is 0 Å². The fourth-order valence-corrected chi connectivity index (χ4v) is 4.28. The first-order chi connectivity index (χ1) is 15.4. The summed E-state index contributed by atoms with van der Waals surface area (Å²) in [6, 6.07) is 17.8. The van der Waals surface area contributed by atoms with Crippen molar-refractivity contribution in [2.75, 3.05) is 5.32 Å². The molecule has 1 N–H and O–H groups in total. The van der Waals surface area contributed by atoms with Crippen LogP contribution in [0.5, 0.6) is 0 Å². The fraction of sp³-hybridized carbons (Fsp3) is 0.240. The van der Waals surface area contributed by atoms with Crippen molar-refractivity contribution < 1.29 is 9.21 Å². The molecule has 0 bridgehead atoms. The summed E-state index contributed by atoms with van der Waals surface area (Å²) in [5, 5.41) is 12.3. The van der Waals surface area contributed by atoms with E-state index in [1.54, 1.807) is 6.26 Å². The molecule has 2 heterocycles. The maximum absolute atomic E-state index is 12.9. The van der Waals surface area contributed by atoms with E-state index in [9.17, 15) is 4.79 Å². The van der Waals surface area contributed by atoms with Gasteiger partial charge in [-0.05, 0) is 62.6 Å². The average molecular weight is 447 g/mol. The number of thioether (sulfide) groups is 1. The number of carbonyl (C=O) groups excluding carboxylic acids is 1. The van der Waals surface area contributed by atoms with Crippen molar-refractivity contribution in [3.8, 4) is 11.4 Å². The second-order valence-corrected chi connectivity index (χ2v) is 9.09. The summed E-state index contributed by atoms with van der Waals surface area (Å²) < 4.78 is 7.58. The zero-order valence-electron chi connectivity index (χ0n) is 18.6. The molecule has 0 aliphatic carbocycles. The molecule has 32 heavy (non-hydrogen) atoms. The van der Waals surface area contributed by atoms with Crippen molar-refractivity contribution in [3.05, 3.63) is 83.3 Å². The second kappa shape index (κ2) is 9.44. The SMILES string of the molecule is Cc1ccccc1-c1nnc(SC(C)C(=O)Nc2cccc(C)c2C)n1Cc1ccco1. The number of aryl methyl sites for hydroxylation is 2. The number of hydrogen-bond acceptors (Lipinski definition) is 5. The lowest BCUT2D eigenvalue weighted by Gasteiger charge is -2.15. The predicted molar refractivity (Wildman–Crippen MR) is 128 cm³/mol. The first-order valence-electron chi connectivity index (χ1n) is 10.5. The number of nitrogens with zero attached hydrogens (tertiary/aromatic N) is 3. The van der Waals surface area contributed by atoms with Crippen molar-refractivity contribution in [1.29, 1.82) is 0 Å². The zero-order chi connectivity index (χ0) is 22.7. The lowest BCUT2D eigenvalue weighted by molar-refractivity contribution is -0.115. The Morgan fingerprint density at radius 3 is 2.56 bits per heavy atom. The van der Waals surface area contributed by atoms with Gasteiger partial charge in [-0.2, -0.15) is 0 Å². The van der Waals surface area contributed by atoms with Crippen LogP contribution in [-0.2, 0) is 11.3 Å². The van der Waals surface area contributed by atoms with Gasteiger partial charge < -0.3 is 9.73 Å². The lowest BCUT2D eigenvalue weighted by Crippen LogP contribution is -2.23. The topological polar surface area (TPSA) is 73.0 Å². The highest BCUT2D eigenvalue weighted by molar-refractivity contribution is 8.00. The Morgan fingerprint density at radius 1 is 1.03 bits per heavy atom. The number of furan rings is 1. The van der Waals surface area contributed by atoms with E-state index in [1.165, 1.54) is 11.8 Å². The number of carbonyl (C=O) groups is 1. The molecule has 0 aliphatic rings. The predicted octanol–water partition coefficient (Wildman–Crippen LogP) is 5.63. The van der Waals surface area contributed by atoms with E-state index in [0.29, 0.717) is 11.7 Å². The van der Waals surface area contributed by atoms with E-state index in [2.05, 4.69) is 15.5 Å².